The van der Waals surface area contributed by atoms with Gasteiger partial charge in [0.2, 0.25) is 0 Å². The molecule has 6 aromatic rings. The predicted octanol–water partition coefficient (Wildman–Crippen LogP) is 6.46. The zero-order valence-electron chi connectivity index (χ0n) is 23.6. The lowest BCUT2D eigenvalue weighted by Crippen LogP contribution is -2.17. The molecule has 10 nitrogen and oxygen atoms in total. The van der Waals surface area contributed by atoms with Crippen LogP contribution < -0.4 is 10.0 Å². The Hall–Kier alpha value is -4.72. The molecule has 0 aliphatic rings. The average Bonchev–Trinajstić information content (AvgIpc) is 3.45. The molecule has 0 amide bonds. The van der Waals surface area contributed by atoms with Crippen molar-refractivity contribution in [3.05, 3.63) is 102 Å². The van der Waals surface area contributed by atoms with Crippen molar-refractivity contribution in [2.45, 2.75) is 17.9 Å². The van der Waals surface area contributed by atoms with Crippen LogP contribution in [0.3, 0.4) is 0 Å². The van der Waals surface area contributed by atoms with Crippen LogP contribution in [0.4, 0.5) is 26.0 Å². The van der Waals surface area contributed by atoms with E-state index in [4.69, 9.17) is 16.6 Å². The summed E-state index contributed by atoms with van der Waals surface area (Å²) in [7, 11) is -0.297. The molecule has 3 aromatic carbocycles. The summed E-state index contributed by atoms with van der Waals surface area (Å²) in [5.41, 5.74) is 2.21. The van der Waals surface area contributed by atoms with Gasteiger partial charge in [0.15, 0.2) is 11.6 Å². The lowest BCUT2D eigenvalue weighted by Gasteiger charge is -2.20. The molecular formula is C30H25ClF2N8O2S. The van der Waals surface area contributed by atoms with Crippen LogP contribution in [0.2, 0.25) is 5.02 Å². The zero-order valence-corrected chi connectivity index (χ0v) is 25.2. The van der Waals surface area contributed by atoms with Crippen LogP contribution in [-0.4, -0.2) is 51.9 Å². The molecule has 1 unspecified atom stereocenters. The van der Waals surface area contributed by atoms with Crippen LogP contribution in [-0.2, 0) is 10.0 Å². The quantitative estimate of drug-likeness (QED) is 0.196. The van der Waals surface area contributed by atoms with Crippen LogP contribution >= 0.6 is 11.6 Å². The van der Waals surface area contributed by atoms with E-state index in [1.165, 1.54) is 24.5 Å². The minimum absolute atomic E-state index is 0.00657. The molecule has 0 radical (unpaired) electrons. The second-order valence-electron chi connectivity index (χ2n) is 10.2. The number of para-hydroxylation sites is 1. The first kappa shape index (κ1) is 29.4. The highest BCUT2D eigenvalue weighted by Crippen LogP contribution is 2.33. The number of fused-ring (bicyclic) bond motifs is 2. The number of nitrogens with zero attached hydrogens (tertiary/aromatic N) is 6. The third-order valence-electron chi connectivity index (χ3n) is 7.25. The molecular weight excluding hydrogens is 610 g/mol. The fourth-order valence-corrected chi connectivity index (χ4v) is 6.32. The van der Waals surface area contributed by atoms with E-state index in [1.807, 2.05) is 36.9 Å². The molecule has 0 spiro atoms. The SMILES string of the molecule is CC(c1cccc2c1ncn2-c1ccc2ncnc(Nc3c(F)ccc(NS(=O)(=O)c4ccccc4Cl)c3F)c2n1)N(C)C. The molecule has 3 aromatic heterocycles. The molecule has 0 bridgehead atoms. The van der Waals surface area contributed by atoms with Crippen molar-refractivity contribution in [2.24, 2.45) is 0 Å². The first-order valence-electron chi connectivity index (χ1n) is 13.3. The Morgan fingerprint density at radius 2 is 1.73 bits per heavy atom. The molecule has 0 aliphatic carbocycles. The number of anilines is 3. The second-order valence-corrected chi connectivity index (χ2v) is 12.2. The lowest BCUT2D eigenvalue weighted by molar-refractivity contribution is 0.322. The van der Waals surface area contributed by atoms with Crippen molar-refractivity contribution < 1.29 is 17.2 Å². The van der Waals surface area contributed by atoms with Crippen molar-refractivity contribution in [2.75, 3.05) is 24.1 Å². The molecule has 6 rings (SSSR count). The highest BCUT2D eigenvalue weighted by atomic mass is 35.5. The molecule has 2 N–H and O–H groups in total. The normalized spacial score (nSPS) is 12.6. The van der Waals surface area contributed by atoms with Gasteiger partial charge in [0, 0.05) is 6.04 Å². The molecule has 0 saturated heterocycles. The molecule has 0 fully saturated rings. The standard InChI is InChI=1S/C30H25ClF2N8O2S/c1-17(40(2)3)18-7-6-9-23-27(18)36-16-41(23)25-14-13-22-29(37-25)30(35-15-34-22)38-28-20(32)11-12-21(26(28)33)39-44(42,43)24-10-5-4-8-19(24)31/h4-17,39H,1-3H3,(H,34,35,38). The molecule has 14 heteroatoms. The third-order valence-corrected chi connectivity index (χ3v) is 9.12. The van der Waals surface area contributed by atoms with E-state index in [-0.39, 0.29) is 27.3 Å². The van der Waals surface area contributed by atoms with E-state index in [0.717, 1.165) is 28.7 Å². The molecule has 44 heavy (non-hydrogen) atoms. The van der Waals surface area contributed by atoms with Gasteiger partial charge in [-0.15, -0.1) is 0 Å². The first-order chi connectivity index (χ1) is 21.0. The van der Waals surface area contributed by atoms with Crippen molar-refractivity contribution >= 4 is 60.9 Å². The Morgan fingerprint density at radius 3 is 2.50 bits per heavy atom. The minimum Gasteiger partial charge on any atom is -0.333 e. The zero-order chi connectivity index (χ0) is 31.2. The van der Waals surface area contributed by atoms with Crippen LogP contribution in [0.5, 0.6) is 0 Å². The maximum Gasteiger partial charge on any atom is 0.263 e. The fraction of sp³-hybridized carbons (Fsp3) is 0.133. The maximum absolute atomic E-state index is 15.7. The van der Waals surface area contributed by atoms with Crippen LogP contribution in [0, 0.1) is 11.6 Å². The number of halogens is 3. The summed E-state index contributed by atoms with van der Waals surface area (Å²) in [6.07, 6.45) is 2.89. The van der Waals surface area contributed by atoms with Gasteiger partial charge in [0.05, 0.1) is 27.3 Å². The van der Waals surface area contributed by atoms with Gasteiger partial charge in [-0.3, -0.25) is 9.29 Å². The smallest absolute Gasteiger partial charge is 0.263 e. The van der Waals surface area contributed by atoms with E-state index in [9.17, 15) is 12.8 Å². The number of benzene rings is 3. The summed E-state index contributed by atoms with van der Waals surface area (Å²) >= 11 is 6.04. The predicted molar refractivity (Wildman–Crippen MR) is 166 cm³/mol. The highest BCUT2D eigenvalue weighted by Gasteiger charge is 2.23. The van der Waals surface area contributed by atoms with E-state index in [1.54, 1.807) is 24.5 Å². The van der Waals surface area contributed by atoms with Crippen molar-refractivity contribution in [3.63, 3.8) is 0 Å². The summed E-state index contributed by atoms with van der Waals surface area (Å²) < 4.78 is 60.4. The molecule has 3 heterocycles. The number of pyridine rings is 1. The first-order valence-corrected chi connectivity index (χ1v) is 15.2. The second kappa shape index (κ2) is 11.4. The van der Waals surface area contributed by atoms with E-state index >= 15 is 4.39 Å². The number of nitrogens with one attached hydrogen (secondary N) is 2. The van der Waals surface area contributed by atoms with Crippen molar-refractivity contribution in [3.8, 4) is 5.82 Å². The minimum atomic E-state index is -4.29. The summed E-state index contributed by atoms with van der Waals surface area (Å²) in [6.45, 7) is 2.09. The van der Waals surface area contributed by atoms with Gasteiger partial charge in [-0.25, -0.2) is 37.1 Å². The van der Waals surface area contributed by atoms with Gasteiger partial charge in [0.25, 0.3) is 10.0 Å². The Bertz CT molecular complexity index is 2160. The number of imidazole rings is 1. The Kier molecular flexibility index (Phi) is 7.61. The van der Waals surface area contributed by atoms with Gasteiger partial charge in [-0.05, 0) is 69.0 Å². The number of sulfonamides is 1. The summed E-state index contributed by atoms with van der Waals surface area (Å²) in [5.74, 6) is -1.68. The van der Waals surface area contributed by atoms with Crippen molar-refractivity contribution in [1.82, 2.24) is 29.4 Å². The van der Waals surface area contributed by atoms with Gasteiger partial charge in [0.1, 0.15) is 40.4 Å². The monoisotopic (exact) mass is 634 g/mol. The van der Waals surface area contributed by atoms with Crippen LogP contribution in [0.15, 0.2) is 84.3 Å². The molecule has 1 atom stereocenters. The number of rotatable bonds is 8. The fourth-order valence-electron chi connectivity index (χ4n) is 4.74. The van der Waals surface area contributed by atoms with E-state index < -0.39 is 33.0 Å². The van der Waals surface area contributed by atoms with Crippen LogP contribution in [0.1, 0.15) is 18.5 Å². The van der Waals surface area contributed by atoms with Gasteiger partial charge in [-0.1, -0.05) is 35.9 Å². The third kappa shape index (κ3) is 5.29. The number of aromatic nitrogens is 5. The molecule has 0 saturated carbocycles. The van der Waals surface area contributed by atoms with Crippen molar-refractivity contribution in [1.29, 1.82) is 0 Å². The maximum atomic E-state index is 15.7. The van der Waals surface area contributed by atoms with E-state index in [2.05, 4.69) is 36.8 Å². The van der Waals surface area contributed by atoms with Crippen LogP contribution in [0.25, 0.3) is 27.9 Å². The summed E-state index contributed by atoms with van der Waals surface area (Å²) in [6, 6.07) is 17.1. The average molecular weight is 635 g/mol. The number of hydrogen-bond donors (Lipinski definition) is 2. The summed E-state index contributed by atoms with van der Waals surface area (Å²) in [4.78, 5) is 19.6. The lowest BCUT2D eigenvalue weighted by atomic mass is 10.1. The van der Waals surface area contributed by atoms with Gasteiger partial charge < -0.3 is 10.2 Å². The topological polar surface area (TPSA) is 118 Å². The molecule has 224 valence electrons. The van der Waals surface area contributed by atoms with Gasteiger partial charge >= 0.3 is 0 Å². The largest absolute Gasteiger partial charge is 0.333 e. The van der Waals surface area contributed by atoms with Gasteiger partial charge in [-0.2, -0.15) is 0 Å². The molecule has 0 aliphatic heterocycles. The summed E-state index contributed by atoms with van der Waals surface area (Å²) in [5, 5.41) is 2.60. The Labute approximate surface area is 256 Å². The Balaban J connectivity index is 1.39. The van der Waals surface area contributed by atoms with E-state index in [0.29, 0.717) is 11.3 Å². The Morgan fingerprint density at radius 1 is 0.932 bits per heavy atom. The highest BCUT2D eigenvalue weighted by molar-refractivity contribution is 7.92. The number of hydrogen-bond acceptors (Lipinski definition) is 8.